The summed E-state index contributed by atoms with van der Waals surface area (Å²) < 4.78 is 4.83. The van der Waals surface area contributed by atoms with Crippen LogP contribution in [0.5, 0.6) is 0 Å². The van der Waals surface area contributed by atoms with Crippen molar-refractivity contribution < 1.29 is 9.53 Å². The van der Waals surface area contributed by atoms with Gasteiger partial charge in [-0.1, -0.05) is 48.6 Å². The van der Waals surface area contributed by atoms with Crippen LogP contribution < -0.4 is 0 Å². The molecule has 0 N–H and O–H groups in total. The minimum absolute atomic E-state index is 0.130. The summed E-state index contributed by atoms with van der Waals surface area (Å²) in [5, 5.41) is 0. The van der Waals surface area contributed by atoms with Gasteiger partial charge in [0.15, 0.2) is 0 Å². The average Bonchev–Trinajstić information content (AvgIpc) is 2.36. The van der Waals surface area contributed by atoms with Gasteiger partial charge in [-0.05, 0) is 33.1 Å². The second-order valence-corrected chi connectivity index (χ2v) is 3.73. The molecule has 18 heavy (non-hydrogen) atoms. The van der Waals surface area contributed by atoms with Gasteiger partial charge in [0.25, 0.3) is 0 Å². The molecule has 0 heterocycles. The molecule has 2 heteroatoms. The Morgan fingerprint density at radius 2 is 1.56 bits per heavy atom. The molecule has 0 aromatic rings. The van der Waals surface area contributed by atoms with Crippen molar-refractivity contribution in [2.24, 2.45) is 0 Å². The van der Waals surface area contributed by atoms with Crippen LogP contribution in [0.1, 0.15) is 39.5 Å². The van der Waals surface area contributed by atoms with Crippen molar-refractivity contribution in [2.45, 2.75) is 39.5 Å². The SMILES string of the molecule is C/C=C/CC/C=C/C=C/C=C/CCC(=O)OCC. The fourth-order valence-corrected chi connectivity index (χ4v) is 1.27. The summed E-state index contributed by atoms with van der Waals surface area (Å²) in [5.41, 5.74) is 0. The molecule has 0 atom stereocenters. The van der Waals surface area contributed by atoms with E-state index in [1.807, 2.05) is 44.2 Å². The molecule has 0 fully saturated rings. The van der Waals surface area contributed by atoms with E-state index >= 15 is 0 Å². The number of rotatable bonds is 9. The van der Waals surface area contributed by atoms with Gasteiger partial charge in [0.2, 0.25) is 0 Å². The number of allylic oxidation sites excluding steroid dienone is 8. The van der Waals surface area contributed by atoms with Crippen LogP contribution in [-0.4, -0.2) is 12.6 Å². The molecule has 0 saturated carbocycles. The molecule has 0 aromatic heterocycles. The summed E-state index contributed by atoms with van der Waals surface area (Å²) in [6.07, 6.45) is 19.6. The first kappa shape index (κ1) is 16.4. The molecule has 0 aliphatic heterocycles. The van der Waals surface area contributed by atoms with Gasteiger partial charge in [0.05, 0.1) is 6.61 Å². The smallest absolute Gasteiger partial charge is 0.306 e. The van der Waals surface area contributed by atoms with Crippen LogP contribution in [0.15, 0.2) is 48.6 Å². The molecule has 0 amide bonds. The Bertz CT molecular complexity index is 309. The third-order valence-electron chi connectivity index (χ3n) is 2.16. The van der Waals surface area contributed by atoms with E-state index in [0.29, 0.717) is 13.0 Å². The maximum absolute atomic E-state index is 11.0. The molecule has 0 aromatic carbocycles. The van der Waals surface area contributed by atoms with Gasteiger partial charge in [0.1, 0.15) is 0 Å². The molecule has 0 aliphatic rings. The van der Waals surface area contributed by atoms with E-state index in [-0.39, 0.29) is 5.97 Å². The molecule has 0 rings (SSSR count). The van der Waals surface area contributed by atoms with E-state index in [4.69, 9.17) is 4.74 Å². The summed E-state index contributed by atoms with van der Waals surface area (Å²) in [4.78, 5) is 11.0. The van der Waals surface area contributed by atoms with Gasteiger partial charge >= 0.3 is 5.97 Å². The number of carbonyl (C=O) groups is 1. The van der Waals surface area contributed by atoms with Crippen molar-refractivity contribution in [1.82, 2.24) is 0 Å². The molecule has 0 bridgehead atoms. The minimum atomic E-state index is -0.130. The standard InChI is InChI=1S/C16H24O2/c1-3-5-6-7-8-9-10-11-12-13-14-15-16(17)18-4-2/h3,5,8-13H,4,6-7,14-15H2,1-2H3/b5-3+,9-8+,11-10+,13-12+. The van der Waals surface area contributed by atoms with Crippen molar-refractivity contribution >= 4 is 5.97 Å². The summed E-state index contributed by atoms with van der Waals surface area (Å²) in [6.45, 7) is 4.31. The first-order chi connectivity index (χ1) is 8.81. The van der Waals surface area contributed by atoms with E-state index in [0.717, 1.165) is 19.3 Å². The highest BCUT2D eigenvalue weighted by Crippen LogP contribution is 1.95. The zero-order valence-corrected chi connectivity index (χ0v) is 11.5. The lowest BCUT2D eigenvalue weighted by molar-refractivity contribution is -0.142. The summed E-state index contributed by atoms with van der Waals surface area (Å²) in [5.74, 6) is -0.130. The lowest BCUT2D eigenvalue weighted by Crippen LogP contribution is -2.02. The second kappa shape index (κ2) is 13.5. The largest absolute Gasteiger partial charge is 0.466 e. The zero-order valence-electron chi connectivity index (χ0n) is 11.5. The van der Waals surface area contributed by atoms with E-state index in [1.54, 1.807) is 0 Å². The number of hydrogen-bond donors (Lipinski definition) is 0. The Morgan fingerprint density at radius 3 is 2.17 bits per heavy atom. The third-order valence-corrected chi connectivity index (χ3v) is 2.16. The average molecular weight is 248 g/mol. The molecule has 100 valence electrons. The lowest BCUT2D eigenvalue weighted by atomic mass is 10.2. The topological polar surface area (TPSA) is 26.3 Å². The number of unbranched alkanes of at least 4 members (excludes halogenated alkanes) is 1. The normalized spacial score (nSPS) is 12.3. The monoisotopic (exact) mass is 248 g/mol. The van der Waals surface area contributed by atoms with E-state index < -0.39 is 0 Å². The van der Waals surface area contributed by atoms with Gasteiger partial charge < -0.3 is 4.74 Å². The maximum atomic E-state index is 11.0. The lowest BCUT2D eigenvalue weighted by Gasteiger charge is -1.97. The quantitative estimate of drug-likeness (QED) is 0.262. The highest BCUT2D eigenvalue weighted by atomic mass is 16.5. The Labute approximate surface area is 111 Å². The van der Waals surface area contributed by atoms with Gasteiger partial charge in [0, 0.05) is 6.42 Å². The Kier molecular flexibility index (Phi) is 12.3. The molecule has 0 saturated heterocycles. The van der Waals surface area contributed by atoms with Crippen LogP contribution in [0.3, 0.4) is 0 Å². The van der Waals surface area contributed by atoms with Gasteiger partial charge in [-0.2, -0.15) is 0 Å². The van der Waals surface area contributed by atoms with Crippen molar-refractivity contribution in [3.63, 3.8) is 0 Å². The Morgan fingerprint density at radius 1 is 0.944 bits per heavy atom. The molecule has 0 radical (unpaired) electrons. The van der Waals surface area contributed by atoms with Crippen molar-refractivity contribution in [3.05, 3.63) is 48.6 Å². The molecular weight excluding hydrogens is 224 g/mol. The Hall–Kier alpha value is -1.57. The molecular formula is C16H24O2. The number of ether oxygens (including phenoxy) is 1. The first-order valence-corrected chi connectivity index (χ1v) is 6.56. The Balaban J connectivity index is 3.53. The van der Waals surface area contributed by atoms with Crippen LogP contribution in [-0.2, 0) is 9.53 Å². The first-order valence-electron chi connectivity index (χ1n) is 6.56. The van der Waals surface area contributed by atoms with Gasteiger partial charge in [-0.15, -0.1) is 0 Å². The number of esters is 1. The van der Waals surface area contributed by atoms with Crippen LogP contribution in [0.2, 0.25) is 0 Å². The molecule has 0 aliphatic carbocycles. The van der Waals surface area contributed by atoms with Crippen LogP contribution >= 0.6 is 0 Å². The maximum Gasteiger partial charge on any atom is 0.306 e. The van der Waals surface area contributed by atoms with Crippen molar-refractivity contribution in [3.8, 4) is 0 Å². The van der Waals surface area contributed by atoms with Gasteiger partial charge in [-0.25, -0.2) is 0 Å². The molecule has 2 nitrogen and oxygen atoms in total. The fraction of sp³-hybridized carbons (Fsp3) is 0.438. The molecule has 0 unspecified atom stereocenters. The van der Waals surface area contributed by atoms with Crippen LogP contribution in [0.25, 0.3) is 0 Å². The highest BCUT2D eigenvalue weighted by Gasteiger charge is 1.96. The zero-order chi connectivity index (χ0) is 13.5. The van der Waals surface area contributed by atoms with E-state index in [1.165, 1.54) is 0 Å². The second-order valence-electron chi connectivity index (χ2n) is 3.73. The van der Waals surface area contributed by atoms with E-state index in [2.05, 4.69) is 18.2 Å². The minimum Gasteiger partial charge on any atom is -0.466 e. The summed E-state index contributed by atoms with van der Waals surface area (Å²) >= 11 is 0. The summed E-state index contributed by atoms with van der Waals surface area (Å²) in [6, 6.07) is 0. The predicted octanol–water partition coefficient (Wildman–Crippen LogP) is 4.35. The number of hydrogen-bond acceptors (Lipinski definition) is 2. The highest BCUT2D eigenvalue weighted by molar-refractivity contribution is 5.69. The van der Waals surface area contributed by atoms with Crippen molar-refractivity contribution in [2.75, 3.05) is 6.61 Å². The van der Waals surface area contributed by atoms with Crippen LogP contribution in [0, 0.1) is 0 Å². The summed E-state index contributed by atoms with van der Waals surface area (Å²) in [7, 11) is 0. The van der Waals surface area contributed by atoms with Gasteiger partial charge in [-0.3, -0.25) is 4.79 Å². The fourth-order valence-electron chi connectivity index (χ4n) is 1.27. The van der Waals surface area contributed by atoms with E-state index in [9.17, 15) is 4.79 Å². The van der Waals surface area contributed by atoms with Crippen molar-refractivity contribution in [1.29, 1.82) is 0 Å². The third kappa shape index (κ3) is 12.5. The predicted molar refractivity (Wildman–Crippen MR) is 77.3 cm³/mol. The number of carbonyl (C=O) groups excluding carboxylic acids is 1. The molecule has 0 spiro atoms. The van der Waals surface area contributed by atoms with Crippen LogP contribution in [0.4, 0.5) is 0 Å².